The van der Waals surface area contributed by atoms with Crippen molar-refractivity contribution in [2.24, 2.45) is 7.05 Å². The monoisotopic (exact) mass is 690 g/mol. The Morgan fingerprint density at radius 1 is 1.06 bits per heavy atom. The summed E-state index contributed by atoms with van der Waals surface area (Å²) in [5.74, 6) is 0.966. The Hall–Kier alpha value is -5.02. The fourth-order valence-corrected chi connectivity index (χ4v) is 6.58. The molecule has 6 rings (SSSR count). The largest absolute Gasteiger partial charge is 0.416 e. The standard InChI is InChI=1S/C35H41F3N10O2/c1-21-8-11-26(40-32(49)23-9-10-24(28(15-23)35(36,37)38)18-47-13-12-27(20-47)43(3)4)16-29(21)48-19-25-17-39-33(41-31(25)45(6)34(48)50)44(5)30-14-22(2)42-46(30)7/h8-11,14-17,27H,12-13,18-20H2,1-7H3,(H,40,49). The summed E-state index contributed by atoms with van der Waals surface area (Å²) in [6, 6.07) is 10.6. The van der Waals surface area contributed by atoms with Gasteiger partial charge in [-0.05, 0) is 69.8 Å². The Kier molecular flexibility index (Phi) is 9.31. The second kappa shape index (κ2) is 13.4. The van der Waals surface area contributed by atoms with Crippen LogP contribution in [0.2, 0.25) is 0 Å². The number of amides is 3. The summed E-state index contributed by atoms with van der Waals surface area (Å²) < 4.78 is 44.4. The molecular weight excluding hydrogens is 649 g/mol. The van der Waals surface area contributed by atoms with E-state index in [1.165, 1.54) is 17.0 Å². The Morgan fingerprint density at radius 3 is 2.48 bits per heavy atom. The van der Waals surface area contributed by atoms with E-state index < -0.39 is 17.6 Å². The highest BCUT2D eigenvalue weighted by Crippen LogP contribution is 2.36. The van der Waals surface area contributed by atoms with Crippen LogP contribution in [0.3, 0.4) is 0 Å². The first-order valence-electron chi connectivity index (χ1n) is 16.3. The van der Waals surface area contributed by atoms with E-state index in [9.17, 15) is 22.8 Å². The summed E-state index contributed by atoms with van der Waals surface area (Å²) in [7, 11) is 9.22. The predicted octanol–water partition coefficient (Wildman–Crippen LogP) is 5.58. The summed E-state index contributed by atoms with van der Waals surface area (Å²) in [5.41, 5.74) is 2.39. The van der Waals surface area contributed by atoms with Gasteiger partial charge in [-0.25, -0.2) is 9.78 Å². The number of benzene rings is 2. The molecule has 0 spiro atoms. The van der Waals surface area contributed by atoms with E-state index in [1.807, 2.05) is 53.0 Å². The first-order chi connectivity index (χ1) is 23.6. The van der Waals surface area contributed by atoms with Crippen LogP contribution < -0.4 is 20.0 Å². The molecule has 1 fully saturated rings. The number of fused-ring (bicyclic) bond motifs is 1. The number of urea groups is 1. The third-order valence-corrected chi connectivity index (χ3v) is 9.42. The molecule has 4 aromatic rings. The van der Waals surface area contributed by atoms with E-state index in [-0.39, 0.29) is 30.2 Å². The van der Waals surface area contributed by atoms with Crippen molar-refractivity contribution in [2.45, 2.75) is 45.6 Å². The maximum atomic E-state index is 14.2. The molecule has 3 amide bonds. The van der Waals surface area contributed by atoms with Crippen LogP contribution >= 0.6 is 0 Å². The highest BCUT2D eigenvalue weighted by molar-refractivity contribution is 6.07. The number of anilines is 5. The minimum atomic E-state index is -4.63. The third kappa shape index (κ3) is 6.87. The number of nitrogens with one attached hydrogen (secondary N) is 1. The van der Waals surface area contributed by atoms with Crippen LogP contribution in [-0.2, 0) is 26.3 Å². The normalized spacial score (nSPS) is 16.7. The van der Waals surface area contributed by atoms with Crippen molar-refractivity contribution in [3.05, 3.63) is 82.2 Å². The Balaban J connectivity index is 1.21. The summed E-state index contributed by atoms with van der Waals surface area (Å²) in [5, 5.41) is 7.11. The number of likely N-dealkylation sites (tertiary alicyclic amines) is 1. The molecule has 264 valence electrons. The lowest BCUT2D eigenvalue weighted by atomic mass is 10.0. The van der Waals surface area contributed by atoms with Gasteiger partial charge in [0.2, 0.25) is 5.95 Å². The number of carbonyl (C=O) groups excluding carboxylic acids is 2. The number of halogens is 3. The fraction of sp³-hybridized carbons (Fsp3) is 0.400. The van der Waals surface area contributed by atoms with Gasteiger partial charge in [0, 0.05) is 75.9 Å². The molecule has 0 saturated carbocycles. The smallest absolute Gasteiger partial charge is 0.322 e. The number of rotatable bonds is 8. The molecule has 2 aromatic carbocycles. The molecule has 1 atom stereocenters. The average molecular weight is 691 g/mol. The molecule has 2 aliphatic heterocycles. The predicted molar refractivity (Wildman–Crippen MR) is 186 cm³/mol. The van der Waals surface area contributed by atoms with Gasteiger partial charge in [0.25, 0.3) is 5.91 Å². The SMILES string of the molecule is Cc1cc(N(C)c2ncc3c(n2)N(C)C(=O)N(c2cc(NC(=O)c4ccc(CN5CCC(N(C)C)C5)c(C(F)(F)F)c4)ccc2C)C3)n(C)n1. The van der Waals surface area contributed by atoms with Crippen molar-refractivity contribution in [3.63, 3.8) is 0 Å². The Bertz CT molecular complexity index is 1940. The maximum Gasteiger partial charge on any atom is 0.416 e. The van der Waals surface area contributed by atoms with E-state index in [1.54, 1.807) is 45.9 Å². The molecular formula is C35H41F3N10O2. The highest BCUT2D eigenvalue weighted by atomic mass is 19.4. The van der Waals surface area contributed by atoms with E-state index in [2.05, 4.69) is 20.3 Å². The van der Waals surface area contributed by atoms with Gasteiger partial charge in [-0.15, -0.1) is 0 Å². The van der Waals surface area contributed by atoms with E-state index in [4.69, 9.17) is 4.98 Å². The topological polar surface area (TPSA) is 106 Å². The minimum absolute atomic E-state index is 0.113. The quantitative estimate of drug-likeness (QED) is 0.256. The number of aryl methyl sites for hydroxylation is 3. The Morgan fingerprint density at radius 2 is 1.82 bits per heavy atom. The maximum absolute atomic E-state index is 14.2. The molecule has 0 bridgehead atoms. The van der Waals surface area contributed by atoms with Gasteiger partial charge in [-0.1, -0.05) is 12.1 Å². The van der Waals surface area contributed by atoms with Crippen molar-refractivity contribution < 1.29 is 22.8 Å². The van der Waals surface area contributed by atoms with E-state index in [0.717, 1.165) is 29.6 Å². The van der Waals surface area contributed by atoms with E-state index in [0.29, 0.717) is 47.8 Å². The van der Waals surface area contributed by atoms with Gasteiger partial charge in [0.05, 0.1) is 23.5 Å². The van der Waals surface area contributed by atoms with Crippen LogP contribution in [0.15, 0.2) is 48.7 Å². The molecule has 15 heteroatoms. The summed E-state index contributed by atoms with van der Waals surface area (Å²) >= 11 is 0. The molecule has 2 aliphatic rings. The van der Waals surface area contributed by atoms with Gasteiger partial charge in [0.1, 0.15) is 11.6 Å². The number of nitrogens with zero attached hydrogens (tertiary/aromatic N) is 9. The number of alkyl halides is 3. The molecule has 12 nitrogen and oxygen atoms in total. The summed E-state index contributed by atoms with van der Waals surface area (Å²) in [6.07, 6.45) is -2.06. The highest BCUT2D eigenvalue weighted by Gasteiger charge is 2.36. The Labute approximate surface area is 289 Å². The van der Waals surface area contributed by atoms with Crippen LogP contribution in [0.1, 0.15) is 44.7 Å². The van der Waals surface area contributed by atoms with Crippen LogP contribution in [0.25, 0.3) is 0 Å². The molecule has 1 N–H and O–H groups in total. The van der Waals surface area contributed by atoms with Crippen LogP contribution in [-0.4, -0.2) is 88.8 Å². The zero-order valence-electron chi connectivity index (χ0n) is 29.2. The lowest BCUT2D eigenvalue weighted by Crippen LogP contribution is -2.46. The second-order valence-corrected chi connectivity index (χ2v) is 13.2. The van der Waals surface area contributed by atoms with Gasteiger partial charge >= 0.3 is 12.2 Å². The zero-order chi connectivity index (χ0) is 36.1. The molecule has 50 heavy (non-hydrogen) atoms. The lowest BCUT2D eigenvalue weighted by Gasteiger charge is -2.35. The third-order valence-electron chi connectivity index (χ3n) is 9.42. The number of hydrogen-bond donors (Lipinski definition) is 1. The number of aromatic nitrogens is 4. The first kappa shape index (κ1) is 34.8. The molecule has 0 aliphatic carbocycles. The lowest BCUT2D eigenvalue weighted by molar-refractivity contribution is -0.138. The molecule has 1 saturated heterocycles. The molecule has 4 heterocycles. The van der Waals surface area contributed by atoms with Crippen LogP contribution in [0.4, 0.5) is 46.9 Å². The van der Waals surface area contributed by atoms with Gasteiger partial charge in [-0.3, -0.25) is 29.1 Å². The van der Waals surface area contributed by atoms with Crippen molar-refractivity contribution >= 4 is 40.9 Å². The fourth-order valence-electron chi connectivity index (χ4n) is 6.58. The first-order valence-corrected chi connectivity index (χ1v) is 16.3. The number of likely N-dealkylation sites (N-methyl/N-ethyl adjacent to an activating group) is 1. The molecule has 0 radical (unpaired) electrons. The zero-order valence-corrected chi connectivity index (χ0v) is 29.2. The van der Waals surface area contributed by atoms with Crippen molar-refractivity contribution in [2.75, 3.05) is 61.3 Å². The van der Waals surface area contributed by atoms with Crippen molar-refractivity contribution in [1.82, 2.24) is 29.5 Å². The average Bonchev–Trinajstić information content (AvgIpc) is 3.68. The minimum Gasteiger partial charge on any atom is -0.322 e. The van der Waals surface area contributed by atoms with Gasteiger partial charge in [0.15, 0.2) is 0 Å². The number of carbonyl (C=O) groups is 2. The summed E-state index contributed by atoms with van der Waals surface area (Å²) in [4.78, 5) is 45.2. The van der Waals surface area contributed by atoms with E-state index >= 15 is 0 Å². The van der Waals surface area contributed by atoms with Crippen molar-refractivity contribution in [1.29, 1.82) is 0 Å². The number of hydrogen-bond acceptors (Lipinski definition) is 8. The van der Waals surface area contributed by atoms with Crippen LogP contribution in [0, 0.1) is 13.8 Å². The summed E-state index contributed by atoms with van der Waals surface area (Å²) in [6.45, 7) is 5.44. The molecule has 1 unspecified atom stereocenters. The van der Waals surface area contributed by atoms with Gasteiger partial charge in [-0.2, -0.15) is 23.3 Å². The van der Waals surface area contributed by atoms with Crippen molar-refractivity contribution in [3.8, 4) is 0 Å². The van der Waals surface area contributed by atoms with Crippen LogP contribution in [0.5, 0.6) is 0 Å². The second-order valence-electron chi connectivity index (χ2n) is 13.2. The molecule has 2 aromatic heterocycles. The van der Waals surface area contributed by atoms with Gasteiger partial charge < -0.3 is 10.2 Å².